The maximum atomic E-state index is 12.9. The minimum Gasteiger partial charge on any atom is -0.344 e. The van der Waals surface area contributed by atoms with Crippen molar-refractivity contribution in [2.24, 2.45) is 4.40 Å². The van der Waals surface area contributed by atoms with E-state index in [0.717, 1.165) is 15.5 Å². The van der Waals surface area contributed by atoms with E-state index in [4.69, 9.17) is 0 Å². The second kappa shape index (κ2) is 6.92. The van der Waals surface area contributed by atoms with Crippen molar-refractivity contribution in [1.82, 2.24) is 19.8 Å². The first kappa shape index (κ1) is 18.3. The lowest BCUT2D eigenvalue weighted by Gasteiger charge is -2.35. The first-order chi connectivity index (χ1) is 14.0. The Kier molecular flexibility index (Phi) is 4.36. The zero-order chi connectivity index (χ0) is 20.0. The predicted octanol–water partition coefficient (Wildman–Crippen LogP) is 0.837. The number of amides is 1. The molecule has 0 radical (unpaired) electrons. The van der Waals surface area contributed by atoms with Crippen LogP contribution < -0.4 is 4.90 Å². The van der Waals surface area contributed by atoms with Crippen LogP contribution in [-0.2, 0) is 14.8 Å². The molecule has 11 heteroatoms. The van der Waals surface area contributed by atoms with E-state index in [-0.39, 0.29) is 11.7 Å². The van der Waals surface area contributed by atoms with Gasteiger partial charge in [0.05, 0.1) is 11.3 Å². The van der Waals surface area contributed by atoms with E-state index in [0.29, 0.717) is 44.1 Å². The van der Waals surface area contributed by atoms with Gasteiger partial charge in [-0.2, -0.15) is 0 Å². The molecule has 5 heterocycles. The van der Waals surface area contributed by atoms with Crippen molar-refractivity contribution < 1.29 is 13.2 Å². The molecule has 0 bridgehead atoms. The molecule has 1 saturated heterocycles. The summed E-state index contributed by atoms with van der Waals surface area (Å²) in [4.78, 5) is 28.5. The Labute approximate surface area is 171 Å². The fourth-order valence-corrected chi connectivity index (χ4v) is 5.43. The molecule has 29 heavy (non-hydrogen) atoms. The van der Waals surface area contributed by atoms with E-state index in [1.807, 2.05) is 17.0 Å². The molecule has 0 spiro atoms. The summed E-state index contributed by atoms with van der Waals surface area (Å²) in [6.45, 7) is 2.92. The number of sulfonamides is 1. The van der Waals surface area contributed by atoms with Crippen LogP contribution in [-0.4, -0.2) is 78.4 Å². The Balaban J connectivity index is 1.26. The van der Waals surface area contributed by atoms with E-state index in [9.17, 15) is 13.2 Å². The number of nitrogens with zero attached hydrogens (tertiary/aromatic N) is 6. The number of anilines is 1. The molecule has 0 saturated carbocycles. The van der Waals surface area contributed by atoms with E-state index >= 15 is 0 Å². The Morgan fingerprint density at radius 2 is 1.93 bits per heavy atom. The Morgan fingerprint density at radius 1 is 1.10 bits per heavy atom. The van der Waals surface area contributed by atoms with Crippen LogP contribution in [0, 0.1) is 0 Å². The van der Waals surface area contributed by atoms with Gasteiger partial charge in [-0.3, -0.25) is 4.79 Å². The molecule has 2 aromatic heterocycles. The number of carbonyl (C=O) groups is 1. The first-order valence-electron chi connectivity index (χ1n) is 9.23. The molecule has 3 aliphatic rings. The highest BCUT2D eigenvalue weighted by atomic mass is 32.2. The van der Waals surface area contributed by atoms with Crippen LogP contribution in [0.4, 0.5) is 5.13 Å². The van der Waals surface area contributed by atoms with Gasteiger partial charge in [0.15, 0.2) is 5.13 Å². The Bertz CT molecular complexity index is 1140. The number of fused-ring (bicyclic) bond motifs is 2. The number of hydrogen-bond donors (Lipinski definition) is 0. The quantitative estimate of drug-likeness (QED) is 0.696. The van der Waals surface area contributed by atoms with Gasteiger partial charge in [-0.25, -0.2) is 18.4 Å². The molecule has 2 aromatic rings. The third-order valence-electron chi connectivity index (χ3n) is 5.06. The zero-order valence-corrected chi connectivity index (χ0v) is 17.1. The number of rotatable bonds is 2. The lowest BCUT2D eigenvalue weighted by Crippen LogP contribution is -2.49. The number of piperazine rings is 1. The first-order valence-corrected chi connectivity index (χ1v) is 11.7. The predicted molar refractivity (Wildman–Crippen MR) is 111 cm³/mol. The van der Waals surface area contributed by atoms with Gasteiger partial charge in [0.25, 0.3) is 15.9 Å². The lowest BCUT2D eigenvalue weighted by molar-refractivity contribution is -0.127. The van der Waals surface area contributed by atoms with E-state index in [1.165, 1.54) is 0 Å². The molecule has 150 valence electrons. The van der Waals surface area contributed by atoms with Gasteiger partial charge in [0.2, 0.25) is 0 Å². The van der Waals surface area contributed by atoms with Gasteiger partial charge >= 0.3 is 0 Å². The van der Waals surface area contributed by atoms with Crippen molar-refractivity contribution in [2.45, 2.75) is 0 Å². The number of hydrogen-bond acceptors (Lipinski definition) is 8. The zero-order valence-electron chi connectivity index (χ0n) is 15.4. The number of thiazole rings is 1. The topological polar surface area (TPSA) is 99.1 Å². The second-order valence-electron chi connectivity index (χ2n) is 6.95. The molecule has 0 N–H and O–H groups in total. The maximum absolute atomic E-state index is 12.9. The van der Waals surface area contributed by atoms with E-state index < -0.39 is 10.0 Å². The van der Waals surface area contributed by atoms with Crippen LogP contribution >= 0.6 is 11.3 Å². The molecule has 0 unspecified atom stereocenters. The average Bonchev–Trinajstić information content (AvgIpc) is 3.17. The second-order valence-corrected chi connectivity index (χ2v) is 9.66. The van der Waals surface area contributed by atoms with Crippen LogP contribution in [0.1, 0.15) is 0 Å². The van der Waals surface area contributed by atoms with Crippen LogP contribution in [0.3, 0.4) is 0 Å². The molecule has 1 fully saturated rings. The van der Waals surface area contributed by atoms with Crippen molar-refractivity contribution >= 4 is 48.6 Å². The summed E-state index contributed by atoms with van der Waals surface area (Å²) < 4.78 is 27.0. The fraction of sp³-hybridized carbons (Fsp3) is 0.333. The van der Waals surface area contributed by atoms with Crippen molar-refractivity contribution in [3.05, 3.63) is 42.3 Å². The Morgan fingerprint density at radius 3 is 2.72 bits per heavy atom. The molecule has 1 amide bonds. The summed E-state index contributed by atoms with van der Waals surface area (Å²) in [5.41, 5.74) is 1.44. The van der Waals surface area contributed by atoms with E-state index in [1.54, 1.807) is 40.8 Å². The van der Waals surface area contributed by atoms with Crippen LogP contribution in [0.25, 0.3) is 10.3 Å². The monoisotopic (exact) mass is 430 g/mol. The van der Waals surface area contributed by atoms with Gasteiger partial charge in [0, 0.05) is 45.1 Å². The van der Waals surface area contributed by atoms with Crippen LogP contribution in [0.5, 0.6) is 0 Å². The van der Waals surface area contributed by atoms with Crippen LogP contribution in [0.15, 0.2) is 46.7 Å². The fourth-order valence-electron chi connectivity index (χ4n) is 3.50. The third kappa shape index (κ3) is 3.51. The summed E-state index contributed by atoms with van der Waals surface area (Å²) in [5.74, 6) is 0.263. The maximum Gasteiger partial charge on any atom is 0.256 e. The van der Waals surface area contributed by atoms with Gasteiger partial charge < -0.3 is 14.7 Å². The number of amidine groups is 1. The minimum atomic E-state index is -3.40. The normalized spacial score (nSPS) is 21.0. The summed E-state index contributed by atoms with van der Waals surface area (Å²) in [5, 5.41) is 0.929. The SMILES string of the molecule is O=C(C1=CN2CCS(=O)(=O)N=C2C=C1)N1CCN(c2nc3cccnc3s2)CC1. The highest BCUT2D eigenvalue weighted by Crippen LogP contribution is 2.28. The van der Waals surface area contributed by atoms with Crippen molar-refractivity contribution in [1.29, 1.82) is 0 Å². The molecular formula is C18H18N6O3S2. The molecule has 0 aromatic carbocycles. The van der Waals surface area contributed by atoms with Gasteiger partial charge in [0.1, 0.15) is 16.2 Å². The largest absolute Gasteiger partial charge is 0.344 e. The lowest BCUT2D eigenvalue weighted by atomic mass is 10.1. The average molecular weight is 431 g/mol. The number of pyridine rings is 1. The molecular weight excluding hydrogens is 412 g/mol. The number of carbonyl (C=O) groups excluding carboxylic acids is 1. The summed E-state index contributed by atoms with van der Waals surface area (Å²) >= 11 is 1.56. The number of aromatic nitrogens is 2. The molecule has 5 rings (SSSR count). The molecule has 0 aliphatic carbocycles. The molecule has 3 aliphatic heterocycles. The van der Waals surface area contributed by atoms with Gasteiger partial charge in [-0.05, 0) is 24.3 Å². The highest BCUT2D eigenvalue weighted by Gasteiger charge is 2.28. The Hall–Kier alpha value is -2.79. The van der Waals surface area contributed by atoms with E-state index in [2.05, 4.69) is 19.3 Å². The van der Waals surface area contributed by atoms with Gasteiger partial charge in [-0.1, -0.05) is 11.3 Å². The standard InChI is InChI=1S/C18H18N6O3S2/c25-17(13-3-4-15-21-29(26,27)11-10-24(15)12-13)22-6-8-23(9-7-22)18-20-14-2-1-5-19-16(14)28-18/h1-5,12H,6-11H2. The van der Waals surface area contributed by atoms with Crippen molar-refractivity contribution in [2.75, 3.05) is 43.4 Å². The van der Waals surface area contributed by atoms with Crippen molar-refractivity contribution in [3.8, 4) is 0 Å². The molecule has 0 atom stereocenters. The minimum absolute atomic E-state index is 0.0436. The third-order valence-corrected chi connectivity index (χ3v) is 7.27. The summed E-state index contributed by atoms with van der Waals surface area (Å²) in [6.07, 6.45) is 6.69. The highest BCUT2D eigenvalue weighted by molar-refractivity contribution is 7.90. The van der Waals surface area contributed by atoms with Crippen LogP contribution in [0.2, 0.25) is 0 Å². The van der Waals surface area contributed by atoms with Crippen molar-refractivity contribution in [3.63, 3.8) is 0 Å². The summed E-state index contributed by atoms with van der Waals surface area (Å²) in [7, 11) is -3.40. The van der Waals surface area contributed by atoms with Gasteiger partial charge in [-0.15, -0.1) is 4.40 Å². The smallest absolute Gasteiger partial charge is 0.256 e. The summed E-state index contributed by atoms with van der Waals surface area (Å²) in [6, 6.07) is 3.83. The molecule has 9 nitrogen and oxygen atoms in total.